The zero-order valence-corrected chi connectivity index (χ0v) is 16.0. The Morgan fingerprint density at radius 1 is 0.857 bits per heavy atom. The Bertz CT molecular complexity index is 796. The molecule has 0 radical (unpaired) electrons. The normalized spacial score (nSPS) is 12.9. The van der Waals surface area contributed by atoms with E-state index in [4.69, 9.17) is 5.11 Å². The molecule has 2 aromatic rings. The maximum atomic E-state index is 12.1. The second-order valence-electron chi connectivity index (χ2n) is 7.24. The van der Waals surface area contributed by atoms with Crippen molar-refractivity contribution in [2.75, 3.05) is 0 Å². The summed E-state index contributed by atoms with van der Waals surface area (Å²) in [5.41, 5.74) is 3.25. The summed E-state index contributed by atoms with van der Waals surface area (Å²) in [4.78, 5) is 34.0. The van der Waals surface area contributed by atoms with E-state index < -0.39 is 17.9 Å². The predicted molar refractivity (Wildman–Crippen MR) is 107 cm³/mol. The third-order valence-corrected chi connectivity index (χ3v) is 4.83. The summed E-state index contributed by atoms with van der Waals surface area (Å²) in [6.07, 6.45) is 0.970. The summed E-state index contributed by atoms with van der Waals surface area (Å²) < 4.78 is 0. The minimum Gasteiger partial charge on any atom is -0.481 e. The molecule has 0 aromatic heterocycles. The number of aliphatic carboxylic acids is 2. The lowest BCUT2D eigenvalue weighted by Crippen LogP contribution is -2.19. The second kappa shape index (κ2) is 10.4. The highest BCUT2D eigenvalue weighted by Gasteiger charge is 2.21. The van der Waals surface area contributed by atoms with Crippen molar-refractivity contribution < 1.29 is 24.6 Å². The summed E-state index contributed by atoms with van der Waals surface area (Å²) in [6, 6.07) is 18.0. The van der Waals surface area contributed by atoms with Crippen molar-refractivity contribution in [3.63, 3.8) is 0 Å². The first-order valence-electron chi connectivity index (χ1n) is 9.45. The smallest absolute Gasteiger partial charge is 0.306 e. The van der Waals surface area contributed by atoms with E-state index >= 15 is 0 Å². The zero-order chi connectivity index (χ0) is 20.5. The number of benzene rings is 2. The van der Waals surface area contributed by atoms with Crippen LogP contribution in [0.15, 0.2) is 54.6 Å². The van der Waals surface area contributed by atoms with Crippen molar-refractivity contribution in [3.8, 4) is 11.1 Å². The Morgan fingerprint density at radius 3 is 2.04 bits per heavy atom. The van der Waals surface area contributed by atoms with E-state index in [1.165, 1.54) is 0 Å². The van der Waals surface area contributed by atoms with E-state index in [1.807, 2.05) is 54.6 Å². The SMILES string of the molecule is C[C@H](C[C@H](CC(=O)CCC(=O)O)Cc1ccc(-c2ccccc2)cc1)C(=O)O. The molecule has 0 heterocycles. The number of carboxylic acid groups (broad SMARTS) is 2. The average Bonchev–Trinajstić information content (AvgIpc) is 2.67. The molecule has 0 aliphatic carbocycles. The van der Waals surface area contributed by atoms with Gasteiger partial charge >= 0.3 is 11.9 Å². The molecule has 0 aliphatic heterocycles. The van der Waals surface area contributed by atoms with Gasteiger partial charge in [0.25, 0.3) is 0 Å². The van der Waals surface area contributed by atoms with Gasteiger partial charge in [-0.1, -0.05) is 61.5 Å². The van der Waals surface area contributed by atoms with Gasteiger partial charge in [0.15, 0.2) is 0 Å². The molecular formula is C23H26O5. The standard InChI is InChI=1S/C23H26O5/c1-16(23(27)28)13-18(15-21(24)11-12-22(25)26)14-17-7-9-20(10-8-17)19-5-3-2-4-6-19/h2-10,16,18H,11-15H2,1H3,(H,25,26)(H,27,28)/t16-,18+/m1/s1. The van der Waals surface area contributed by atoms with Crippen molar-refractivity contribution in [2.24, 2.45) is 11.8 Å². The Hall–Kier alpha value is -2.95. The van der Waals surface area contributed by atoms with Crippen molar-refractivity contribution in [3.05, 3.63) is 60.2 Å². The van der Waals surface area contributed by atoms with Crippen molar-refractivity contribution in [1.82, 2.24) is 0 Å². The van der Waals surface area contributed by atoms with Crippen LogP contribution >= 0.6 is 0 Å². The first kappa shape index (κ1) is 21.4. The van der Waals surface area contributed by atoms with E-state index in [9.17, 15) is 19.5 Å². The summed E-state index contributed by atoms with van der Waals surface area (Å²) in [5, 5.41) is 17.9. The third-order valence-electron chi connectivity index (χ3n) is 4.83. The monoisotopic (exact) mass is 382 g/mol. The molecule has 0 spiro atoms. The lowest BCUT2D eigenvalue weighted by Gasteiger charge is -2.19. The Labute approximate surface area is 165 Å². The molecule has 2 aromatic carbocycles. The molecule has 2 atom stereocenters. The molecule has 0 unspecified atom stereocenters. The van der Waals surface area contributed by atoms with Crippen LogP contribution in [0.2, 0.25) is 0 Å². The summed E-state index contributed by atoms with van der Waals surface area (Å²) in [5.74, 6) is -2.70. The fraction of sp³-hybridized carbons (Fsp3) is 0.348. The minimum absolute atomic E-state index is 0.0137. The van der Waals surface area contributed by atoms with Gasteiger partial charge in [-0.2, -0.15) is 0 Å². The number of hydrogen-bond donors (Lipinski definition) is 2. The fourth-order valence-corrected chi connectivity index (χ4v) is 3.31. The molecule has 2 N–H and O–H groups in total. The van der Waals surface area contributed by atoms with Gasteiger partial charge in [0.05, 0.1) is 12.3 Å². The van der Waals surface area contributed by atoms with Crippen LogP contribution < -0.4 is 0 Å². The first-order chi connectivity index (χ1) is 13.3. The van der Waals surface area contributed by atoms with Gasteiger partial charge in [-0.15, -0.1) is 0 Å². The number of hydrogen-bond acceptors (Lipinski definition) is 3. The maximum Gasteiger partial charge on any atom is 0.306 e. The number of carbonyl (C=O) groups is 3. The van der Waals surface area contributed by atoms with Crippen molar-refractivity contribution in [1.29, 1.82) is 0 Å². The average molecular weight is 382 g/mol. The molecule has 0 saturated carbocycles. The van der Waals surface area contributed by atoms with Crippen LogP contribution in [0, 0.1) is 11.8 Å². The zero-order valence-electron chi connectivity index (χ0n) is 16.0. The van der Waals surface area contributed by atoms with Crippen molar-refractivity contribution >= 4 is 17.7 Å². The minimum atomic E-state index is -1.000. The topological polar surface area (TPSA) is 91.7 Å². The van der Waals surface area contributed by atoms with Gasteiger partial charge in [0.1, 0.15) is 5.78 Å². The Morgan fingerprint density at radius 2 is 1.46 bits per heavy atom. The highest BCUT2D eigenvalue weighted by Crippen LogP contribution is 2.25. The van der Waals surface area contributed by atoms with Gasteiger partial charge in [-0.3, -0.25) is 14.4 Å². The largest absolute Gasteiger partial charge is 0.481 e. The third kappa shape index (κ3) is 6.99. The predicted octanol–water partition coefficient (Wildman–Crippen LogP) is 4.45. The number of carboxylic acids is 2. The van der Waals surface area contributed by atoms with Crippen LogP contribution in [-0.2, 0) is 20.8 Å². The Balaban J connectivity index is 2.06. The molecule has 5 heteroatoms. The molecule has 0 aliphatic rings. The van der Waals surface area contributed by atoms with Gasteiger partial charge in [0.2, 0.25) is 0 Å². The quantitative estimate of drug-likeness (QED) is 0.599. The number of Topliss-reactive ketones (excluding diaryl/α,β-unsaturated/α-hetero) is 1. The Kier molecular flexibility index (Phi) is 7.93. The van der Waals surface area contributed by atoms with E-state index in [1.54, 1.807) is 6.92 Å². The van der Waals surface area contributed by atoms with E-state index in [-0.39, 0.29) is 31.0 Å². The van der Waals surface area contributed by atoms with Crippen molar-refractivity contribution in [2.45, 2.75) is 39.0 Å². The van der Waals surface area contributed by atoms with Crippen LogP contribution in [0.4, 0.5) is 0 Å². The van der Waals surface area contributed by atoms with Crippen LogP contribution in [0.25, 0.3) is 11.1 Å². The lowest BCUT2D eigenvalue weighted by atomic mass is 9.85. The maximum absolute atomic E-state index is 12.1. The van der Waals surface area contributed by atoms with Crippen LogP contribution in [0.3, 0.4) is 0 Å². The molecule has 148 valence electrons. The summed E-state index contributed by atoms with van der Waals surface area (Å²) in [7, 11) is 0. The molecule has 0 fully saturated rings. The highest BCUT2D eigenvalue weighted by atomic mass is 16.4. The van der Waals surface area contributed by atoms with Gasteiger partial charge in [-0.25, -0.2) is 0 Å². The van der Waals surface area contributed by atoms with Gasteiger partial charge < -0.3 is 10.2 Å². The van der Waals surface area contributed by atoms with E-state index in [2.05, 4.69) is 0 Å². The fourth-order valence-electron chi connectivity index (χ4n) is 3.31. The molecule has 0 amide bonds. The van der Waals surface area contributed by atoms with Crippen LogP contribution in [0.1, 0.15) is 38.2 Å². The molecule has 28 heavy (non-hydrogen) atoms. The summed E-state index contributed by atoms with van der Waals surface area (Å²) >= 11 is 0. The lowest BCUT2D eigenvalue weighted by molar-refractivity contribution is -0.142. The van der Waals surface area contributed by atoms with Gasteiger partial charge in [-0.05, 0) is 35.4 Å². The van der Waals surface area contributed by atoms with E-state index in [0.29, 0.717) is 12.8 Å². The second-order valence-corrected chi connectivity index (χ2v) is 7.24. The molecule has 2 rings (SSSR count). The van der Waals surface area contributed by atoms with E-state index in [0.717, 1.165) is 16.7 Å². The number of rotatable bonds is 11. The first-order valence-corrected chi connectivity index (χ1v) is 9.45. The molecule has 0 bridgehead atoms. The van der Waals surface area contributed by atoms with Crippen LogP contribution in [0.5, 0.6) is 0 Å². The molecule has 0 saturated heterocycles. The summed E-state index contributed by atoms with van der Waals surface area (Å²) in [6.45, 7) is 1.63. The number of carbonyl (C=O) groups excluding carboxylic acids is 1. The highest BCUT2D eigenvalue weighted by molar-refractivity contribution is 5.82. The molecular weight excluding hydrogens is 356 g/mol. The van der Waals surface area contributed by atoms with Crippen LogP contribution in [-0.4, -0.2) is 27.9 Å². The molecule has 5 nitrogen and oxygen atoms in total. The number of ketones is 1. The van der Waals surface area contributed by atoms with Gasteiger partial charge in [0, 0.05) is 12.8 Å².